The number of amides is 2. The van der Waals surface area contributed by atoms with Crippen molar-refractivity contribution in [2.24, 2.45) is 5.92 Å². The van der Waals surface area contributed by atoms with E-state index in [2.05, 4.69) is 64.3 Å². The van der Waals surface area contributed by atoms with Crippen LogP contribution in [0.2, 0.25) is 21.6 Å². The van der Waals surface area contributed by atoms with E-state index in [1.165, 1.54) is 4.90 Å². The highest BCUT2D eigenvalue weighted by Gasteiger charge is 2.46. The predicted molar refractivity (Wildman–Crippen MR) is 192 cm³/mol. The van der Waals surface area contributed by atoms with Crippen LogP contribution in [0, 0.1) is 5.92 Å². The number of benzene rings is 2. The third-order valence-corrected chi connectivity index (χ3v) is 19.0. The molecule has 3 heterocycles. The Morgan fingerprint density at radius 2 is 1.66 bits per heavy atom. The average Bonchev–Trinajstić information content (AvgIpc) is 3.50. The Morgan fingerprint density at radius 1 is 1.00 bits per heavy atom. The van der Waals surface area contributed by atoms with E-state index >= 15 is 0 Å². The molecule has 0 aliphatic carbocycles. The highest BCUT2D eigenvalue weighted by atomic mass is 35.5. The fourth-order valence-corrected chi connectivity index (χ4v) is 16.8. The van der Waals surface area contributed by atoms with Crippen LogP contribution in [0.4, 0.5) is 10.5 Å². The van der Waals surface area contributed by atoms with E-state index in [0.717, 1.165) is 22.0 Å². The molecule has 9 nitrogen and oxygen atoms in total. The van der Waals surface area contributed by atoms with Gasteiger partial charge in [0.05, 0.1) is 16.0 Å². The molecule has 2 aromatic carbocycles. The van der Waals surface area contributed by atoms with Gasteiger partial charge in [-0.05, 0) is 77.2 Å². The topological polar surface area (TPSA) is 112 Å². The summed E-state index contributed by atoms with van der Waals surface area (Å²) in [4.78, 5) is 28.9. The Balaban J connectivity index is 1.41. The van der Waals surface area contributed by atoms with E-state index in [4.69, 9.17) is 11.6 Å². The van der Waals surface area contributed by atoms with Crippen molar-refractivity contribution in [3.8, 4) is 0 Å². The second kappa shape index (κ2) is 13.2. The number of fused-ring (bicyclic) bond motifs is 2. The minimum atomic E-state index is -4.03. The van der Waals surface area contributed by atoms with E-state index in [1.807, 2.05) is 24.4 Å². The summed E-state index contributed by atoms with van der Waals surface area (Å²) in [5, 5.41) is 11.2. The lowest BCUT2D eigenvalue weighted by Crippen LogP contribution is -2.51. The molecule has 2 aliphatic rings. The first-order chi connectivity index (χ1) is 22.0. The summed E-state index contributed by atoms with van der Waals surface area (Å²) in [7, 11) is -6.27. The van der Waals surface area contributed by atoms with Crippen molar-refractivity contribution in [1.82, 2.24) is 13.9 Å². The molecule has 2 N–H and O–H groups in total. The summed E-state index contributed by atoms with van der Waals surface area (Å²) in [6.45, 7) is 18.5. The molecule has 256 valence electrons. The molecule has 1 aromatic heterocycles. The molecule has 2 aliphatic heterocycles. The molecule has 1 unspecified atom stereocenters. The third kappa shape index (κ3) is 6.24. The number of rotatable bonds is 10. The van der Waals surface area contributed by atoms with Crippen LogP contribution in [-0.2, 0) is 21.2 Å². The molecule has 0 bridgehead atoms. The van der Waals surface area contributed by atoms with Crippen molar-refractivity contribution in [1.29, 1.82) is 0 Å². The third-order valence-electron chi connectivity index (χ3n) is 10.5. The first-order valence-corrected chi connectivity index (χ1v) is 20.8. The van der Waals surface area contributed by atoms with E-state index < -0.39 is 30.4 Å². The zero-order chi connectivity index (χ0) is 34.6. The van der Waals surface area contributed by atoms with Gasteiger partial charge >= 0.3 is 6.09 Å². The number of nitrogens with one attached hydrogen (secondary N) is 1. The van der Waals surface area contributed by atoms with Crippen LogP contribution in [-0.4, -0.2) is 62.0 Å². The number of carbonyl (C=O) groups is 2. The molecule has 1 saturated heterocycles. The minimum absolute atomic E-state index is 0.111. The first kappa shape index (κ1) is 35.4. The molecular weight excluding hydrogens is 652 g/mol. The number of hydrogen-bond acceptors (Lipinski definition) is 4. The molecule has 2 atom stereocenters. The number of nitrogens with zero attached hydrogens (tertiary/aromatic N) is 3. The van der Waals surface area contributed by atoms with Gasteiger partial charge in [-0.3, -0.25) is 4.79 Å². The second-order valence-corrected chi connectivity index (χ2v) is 22.4. The Kier molecular flexibility index (Phi) is 9.96. The van der Waals surface area contributed by atoms with Gasteiger partial charge in [0.25, 0.3) is 0 Å². The van der Waals surface area contributed by atoms with Gasteiger partial charge in [-0.2, -0.15) is 4.72 Å². The van der Waals surface area contributed by atoms with Crippen LogP contribution in [0.3, 0.4) is 0 Å². The highest BCUT2D eigenvalue weighted by molar-refractivity contribution is 7.89. The van der Waals surface area contributed by atoms with E-state index in [1.54, 1.807) is 23.1 Å². The Hall–Kier alpha value is -2.86. The molecule has 5 rings (SSSR count). The molecular formula is C35H49ClN4O5SSi. The number of carbonyl (C=O) groups excluding carboxylic acids is 1. The quantitative estimate of drug-likeness (QED) is 0.208. The van der Waals surface area contributed by atoms with Crippen LogP contribution >= 0.6 is 11.6 Å². The molecule has 0 saturated carbocycles. The zero-order valence-electron chi connectivity index (χ0n) is 28.7. The van der Waals surface area contributed by atoms with Crippen LogP contribution in [0.15, 0.2) is 47.5 Å². The van der Waals surface area contributed by atoms with Crippen molar-refractivity contribution in [3.05, 3.63) is 58.7 Å². The normalized spacial score (nSPS) is 19.2. The van der Waals surface area contributed by atoms with Gasteiger partial charge in [-0.25, -0.2) is 13.2 Å². The van der Waals surface area contributed by atoms with Crippen molar-refractivity contribution in [3.63, 3.8) is 0 Å². The summed E-state index contributed by atoms with van der Waals surface area (Å²) >= 11 is 6.75. The van der Waals surface area contributed by atoms with Gasteiger partial charge in [0, 0.05) is 35.9 Å². The van der Waals surface area contributed by atoms with Crippen molar-refractivity contribution in [2.45, 2.75) is 108 Å². The van der Waals surface area contributed by atoms with E-state index in [0.29, 0.717) is 65.6 Å². The standard InChI is InChI=1S/C35H49ClN4O5SSi/c1-21(2)17-32-28-11-9-26(18-25(28)13-15-39(32)35(42)43)38-16-14-31(34(38)41)37-46(44,45)27-10-12-29-30(36)20-40(33(29)19-27)47(22(3)4,23(5)6)24(7)8/h9-12,18-24,31-32,37H,13-17H2,1-8H3,(H,42,43)/t31-,32?/m0/s1. The van der Waals surface area contributed by atoms with Gasteiger partial charge in [-0.15, -0.1) is 0 Å². The Labute approximate surface area is 285 Å². The molecule has 2 amide bonds. The number of sulfonamides is 1. The average molecular weight is 701 g/mol. The van der Waals surface area contributed by atoms with Crippen molar-refractivity contribution in [2.75, 3.05) is 18.0 Å². The zero-order valence-corrected chi connectivity index (χ0v) is 31.3. The van der Waals surface area contributed by atoms with Crippen LogP contribution in [0.25, 0.3) is 10.9 Å². The van der Waals surface area contributed by atoms with Crippen LogP contribution in [0.1, 0.15) is 85.4 Å². The molecule has 0 radical (unpaired) electrons. The largest absolute Gasteiger partial charge is 0.465 e. The number of carboxylic acid groups (broad SMARTS) is 1. The maximum atomic E-state index is 13.8. The van der Waals surface area contributed by atoms with Gasteiger partial charge in [0.2, 0.25) is 15.9 Å². The van der Waals surface area contributed by atoms with Crippen molar-refractivity contribution < 1.29 is 23.1 Å². The molecule has 1 fully saturated rings. The summed E-state index contributed by atoms with van der Waals surface area (Å²) in [5.74, 6) is 0.0159. The summed E-state index contributed by atoms with van der Waals surface area (Å²) in [6.07, 6.45) is 2.68. The maximum Gasteiger partial charge on any atom is 0.407 e. The summed E-state index contributed by atoms with van der Waals surface area (Å²) in [6, 6.07) is 9.68. The monoisotopic (exact) mass is 700 g/mol. The second-order valence-electron chi connectivity index (χ2n) is 14.6. The van der Waals surface area contributed by atoms with Gasteiger partial charge in [0.1, 0.15) is 6.04 Å². The minimum Gasteiger partial charge on any atom is -0.465 e. The lowest BCUT2D eigenvalue weighted by Gasteiger charge is -2.44. The molecule has 3 aromatic rings. The molecule has 47 heavy (non-hydrogen) atoms. The van der Waals surface area contributed by atoms with Gasteiger partial charge in [-0.1, -0.05) is 79.1 Å². The predicted octanol–water partition coefficient (Wildman–Crippen LogP) is 8.03. The Bertz CT molecular complexity index is 1770. The fourth-order valence-electron chi connectivity index (χ4n) is 8.58. The molecule has 0 spiro atoms. The Morgan fingerprint density at radius 3 is 2.26 bits per heavy atom. The number of anilines is 1. The first-order valence-electron chi connectivity index (χ1n) is 16.8. The lowest BCUT2D eigenvalue weighted by atomic mass is 9.87. The SMILES string of the molecule is CC(C)CC1c2ccc(N3CC[C@H](NS(=O)(=O)c4ccc5c(Cl)cn([Si](C(C)C)(C(C)C)C(C)C)c5c4)C3=O)cc2CCN1C(=O)O. The number of aromatic nitrogens is 1. The van der Waals surface area contributed by atoms with Crippen molar-refractivity contribution >= 4 is 58.5 Å². The highest BCUT2D eigenvalue weighted by Crippen LogP contribution is 2.46. The van der Waals surface area contributed by atoms with E-state index in [-0.39, 0.29) is 16.8 Å². The number of halogens is 1. The molecule has 12 heteroatoms. The van der Waals surface area contributed by atoms with Crippen LogP contribution in [0.5, 0.6) is 0 Å². The van der Waals surface area contributed by atoms with Crippen LogP contribution < -0.4 is 9.62 Å². The fraction of sp³-hybridized carbons (Fsp3) is 0.543. The summed E-state index contributed by atoms with van der Waals surface area (Å²) < 4.78 is 32.7. The number of hydrogen-bond donors (Lipinski definition) is 2. The van der Waals surface area contributed by atoms with Gasteiger partial charge in [0.15, 0.2) is 8.24 Å². The van der Waals surface area contributed by atoms with Gasteiger partial charge < -0.3 is 19.1 Å². The summed E-state index contributed by atoms with van der Waals surface area (Å²) in [5.41, 5.74) is 4.67. The maximum absolute atomic E-state index is 13.8. The van der Waals surface area contributed by atoms with E-state index in [9.17, 15) is 23.1 Å². The smallest absolute Gasteiger partial charge is 0.407 e. The lowest BCUT2D eigenvalue weighted by molar-refractivity contribution is -0.118.